The number of nitrogens with one attached hydrogen (secondary N) is 3. The van der Waals surface area contributed by atoms with Gasteiger partial charge in [-0.3, -0.25) is 16.0 Å². The molecule has 0 bridgehead atoms. The van der Waals surface area contributed by atoms with Crippen molar-refractivity contribution in [2.24, 2.45) is 5.92 Å². The minimum Gasteiger partial charge on any atom is -0.339 e. The van der Waals surface area contributed by atoms with Crippen LogP contribution in [0.15, 0.2) is 40.9 Å². The van der Waals surface area contributed by atoms with E-state index < -0.39 is 0 Å². The summed E-state index contributed by atoms with van der Waals surface area (Å²) in [6.07, 6.45) is 11.2. The van der Waals surface area contributed by atoms with Crippen molar-refractivity contribution in [1.82, 2.24) is 26.1 Å². The predicted molar refractivity (Wildman–Crippen MR) is 115 cm³/mol. The molecule has 158 valence electrons. The monoisotopic (exact) mass is 406 g/mol. The van der Waals surface area contributed by atoms with E-state index in [0.29, 0.717) is 24.3 Å². The maximum absolute atomic E-state index is 9.55. The Bertz CT molecular complexity index is 899. The van der Waals surface area contributed by atoms with Crippen molar-refractivity contribution in [2.45, 2.75) is 63.7 Å². The summed E-state index contributed by atoms with van der Waals surface area (Å²) in [6.45, 7) is 3.16. The molecule has 7 nitrogen and oxygen atoms in total. The van der Waals surface area contributed by atoms with Gasteiger partial charge in [0.25, 0.3) is 0 Å². The van der Waals surface area contributed by atoms with E-state index in [9.17, 15) is 5.26 Å². The molecule has 0 saturated carbocycles. The Balaban J connectivity index is 1.49. The maximum Gasteiger partial charge on any atom is 0.223 e. The van der Waals surface area contributed by atoms with E-state index in [-0.39, 0.29) is 11.7 Å². The molecule has 2 aliphatic rings. The molecule has 1 saturated heterocycles. The summed E-state index contributed by atoms with van der Waals surface area (Å²) in [6, 6.07) is 10.5. The second kappa shape index (κ2) is 9.52. The molecule has 0 amide bonds. The lowest BCUT2D eigenvalue weighted by Gasteiger charge is -2.47. The number of benzene rings is 1. The zero-order valence-corrected chi connectivity index (χ0v) is 17.5. The van der Waals surface area contributed by atoms with Crippen LogP contribution < -0.4 is 16.0 Å². The minimum atomic E-state index is -0.253. The van der Waals surface area contributed by atoms with Crippen molar-refractivity contribution in [3.63, 3.8) is 0 Å². The van der Waals surface area contributed by atoms with Gasteiger partial charge in [-0.05, 0) is 37.2 Å². The molecule has 1 aliphatic heterocycles. The van der Waals surface area contributed by atoms with Gasteiger partial charge < -0.3 is 4.52 Å². The van der Waals surface area contributed by atoms with Crippen molar-refractivity contribution < 1.29 is 4.52 Å². The fraction of sp³-hybridized carbons (Fsp3) is 0.522. The van der Waals surface area contributed by atoms with Crippen LogP contribution in [0.1, 0.15) is 50.0 Å². The van der Waals surface area contributed by atoms with E-state index in [1.54, 1.807) is 6.92 Å². The van der Waals surface area contributed by atoms with Crippen LogP contribution in [0.4, 0.5) is 0 Å². The van der Waals surface area contributed by atoms with Gasteiger partial charge in [-0.1, -0.05) is 48.0 Å². The Morgan fingerprint density at radius 1 is 1.27 bits per heavy atom. The Hall–Kier alpha value is -2.53. The van der Waals surface area contributed by atoms with Crippen molar-refractivity contribution >= 4 is 0 Å². The van der Waals surface area contributed by atoms with Gasteiger partial charge >= 0.3 is 0 Å². The smallest absolute Gasteiger partial charge is 0.223 e. The highest BCUT2D eigenvalue weighted by Gasteiger charge is 2.41. The molecule has 3 unspecified atom stereocenters. The molecule has 2 aromatic rings. The lowest BCUT2D eigenvalue weighted by atomic mass is 9.79. The molecule has 2 heterocycles. The van der Waals surface area contributed by atoms with Crippen LogP contribution >= 0.6 is 0 Å². The first-order valence-electron chi connectivity index (χ1n) is 10.9. The highest BCUT2D eigenvalue weighted by atomic mass is 16.5. The summed E-state index contributed by atoms with van der Waals surface area (Å²) < 4.78 is 5.08. The van der Waals surface area contributed by atoms with Gasteiger partial charge in [0.15, 0.2) is 0 Å². The molecule has 0 radical (unpaired) electrons. The molecule has 0 spiro atoms. The minimum absolute atomic E-state index is 0.142. The Labute approximate surface area is 177 Å². The quantitative estimate of drug-likeness (QED) is 0.655. The van der Waals surface area contributed by atoms with Crippen LogP contribution in [-0.2, 0) is 6.54 Å². The first kappa shape index (κ1) is 20.7. The van der Waals surface area contributed by atoms with Crippen molar-refractivity contribution in [2.75, 3.05) is 6.67 Å². The molecule has 1 aromatic carbocycles. The van der Waals surface area contributed by atoms with E-state index in [4.69, 9.17) is 4.52 Å². The van der Waals surface area contributed by atoms with Crippen LogP contribution in [0.5, 0.6) is 0 Å². The van der Waals surface area contributed by atoms with Crippen LogP contribution in [0.2, 0.25) is 0 Å². The molecule has 1 aromatic heterocycles. The van der Waals surface area contributed by atoms with E-state index >= 15 is 0 Å². The Morgan fingerprint density at radius 2 is 2.13 bits per heavy atom. The second-order valence-electron chi connectivity index (χ2n) is 8.29. The molecule has 7 heteroatoms. The lowest BCUT2D eigenvalue weighted by molar-refractivity contribution is 0.0939. The third-order valence-electron chi connectivity index (χ3n) is 6.24. The van der Waals surface area contributed by atoms with Gasteiger partial charge in [0.2, 0.25) is 11.7 Å². The maximum atomic E-state index is 9.55. The highest BCUT2D eigenvalue weighted by Crippen LogP contribution is 2.32. The van der Waals surface area contributed by atoms with Crippen molar-refractivity contribution in [3.8, 4) is 17.5 Å². The number of nitriles is 1. The van der Waals surface area contributed by atoms with Gasteiger partial charge in [-0.25, -0.2) is 0 Å². The van der Waals surface area contributed by atoms with Gasteiger partial charge in [0.1, 0.15) is 0 Å². The summed E-state index contributed by atoms with van der Waals surface area (Å²) in [5, 5.41) is 24.3. The molecular formula is C23H30N6O. The predicted octanol–water partition coefficient (Wildman–Crippen LogP) is 3.40. The Morgan fingerprint density at radius 3 is 2.90 bits per heavy atom. The molecule has 3 atom stereocenters. The van der Waals surface area contributed by atoms with Gasteiger partial charge in [0, 0.05) is 32.1 Å². The van der Waals surface area contributed by atoms with Crippen molar-refractivity contribution in [3.05, 3.63) is 47.9 Å². The topological polar surface area (TPSA) is 98.8 Å². The largest absolute Gasteiger partial charge is 0.339 e. The van der Waals surface area contributed by atoms with Gasteiger partial charge in [0.05, 0.1) is 17.8 Å². The second-order valence-corrected chi connectivity index (χ2v) is 8.29. The molecule has 30 heavy (non-hydrogen) atoms. The molecule has 1 fully saturated rings. The summed E-state index contributed by atoms with van der Waals surface area (Å²) in [5.41, 5.74) is 1.88. The SMILES string of the molecule is Cc1nc(-c2ccc(CNC3(C4C/C=C\CCCC4)CC(C#N)NCN3)cc2)no1. The number of nitrogens with zero attached hydrogens (tertiary/aromatic N) is 3. The molecule has 1 aliphatic carbocycles. The first-order chi connectivity index (χ1) is 14.7. The first-order valence-corrected chi connectivity index (χ1v) is 10.9. The fourth-order valence-electron chi connectivity index (χ4n) is 4.52. The third-order valence-corrected chi connectivity index (χ3v) is 6.24. The zero-order valence-electron chi connectivity index (χ0n) is 17.5. The number of aromatic nitrogens is 2. The number of aryl methyl sites for hydroxylation is 1. The van der Waals surface area contributed by atoms with E-state index in [1.807, 2.05) is 12.1 Å². The van der Waals surface area contributed by atoms with Crippen LogP contribution in [0, 0.1) is 24.2 Å². The van der Waals surface area contributed by atoms with Crippen LogP contribution in [0.25, 0.3) is 11.4 Å². The average Bonchev–Trinajstić information content (AvgIpc) is 3.19. The number of allylic oxidation sites excluding steroid dienone is 2. The average molecular weight is 407 g/mol. The third kappa shape index (κ3) is 4.78. The standard InChI is InChI=1S/C23H30N6O/c1-17-28-22(29-30-17)19-11-9-18(10-12-19)15-26-23(13-21(14-24)25-16-27-23)20-7-5-3-2-4-6-8-20/h3,5,9-12,20-21,25-27H,2,4,6-8,13,15-16H2,1H3/b5-3-. The zero-order chi connectivity index (χ0) is 20.8. The summed E-state index contributed by atoms with van der Waals surface area (Å²) in [5.74, 6) is 1.63. The summed E-state index contributed by atoms with van der Waals surface area (Å²) >= 11 is 0. The number of rotatable bonds is 5. The number of hydrogen-bond donors (Lipinski definition) is 3. The summed E-state index contributed by atoms with van der Waals surface area (Å²) in [7, 11) is 0. The molecule has 3 N–H and O–H groups in total. The van der Waals surface area contributed by atoms with E-state index in [2.05, 4.69) is 56.4 Å². The van der Waals surface area contributed by atoms with Gasteiger partial charge in [-0.15, -0.1) is 0 Å². The van der Waals surface area contributed by atoms with Crippen molar-refractivity contribution in [1.29, 1.82) is 5.26 Å². The fourth-order valence-corrected chi connectivity index (χ4v) is 4.52. The van der Waals surface area contributed by atoms with Crippen LogP contribution in [0.3, 0.4) is 0 Å². The van der Waals surface area contributed by atoms with Crippen LogP contribution in [-0.4, -0.2) is 28.5 Å². The van der Waals surface area contributed by atoms with Gasteiger partial charge in [-0.2, -0.15) is 10.2 Å². The molecule has 4 rings (SSSR count). The van der Waals surface area contributed by atoms with E-state index in [1.165, 1.54) is 31.2 Å². The normalized spacial score (nSPS) is 28.3. The summed E-state index contributed by atoms with van der Waals surface area (Å²) in [4.78, 5) is 4.29. The lowest BCUT2D eigenvalue weighted by Crippen LogP contribution is -2.69. The van der Waals surface area contributed by atoms with E-state index in [0.717, 1.165) is 24.9 Å². The Kier molecular flexibility index (Phi) is 6.58. The molecular weight excluding hydrogens is 376 g/mol. The highest BCUT2D eigenvalue weighted by molar-refractivity contribution is 5.54. The number of hydrogen-bond acceptors (Lipinski definition) is 7.